The molecule has 0 radical (unpaired) electrons. The first-order chi connectivity index (χ1) is 9.36. The minimum absolute atomic E-state index is 0.251. The van der Waals surface area contributed by atoms with E-state index in [1.165, 1.54) is 6.07 Å². The molecule has 3 nitrogen and oxygen atoms in total. The lowest BCUT2D eigenvalue weighted by atomic mass is 10.0. The summed E-state index contributed by atoms with van der Waals surface area (Å²) in [7, 11) is 0. The van der Waals surface area contributed by atoms with Gasteiger partial charge in [0.1, 0.15) is 0 Å². The predicted octanol–water partition coefficient (Wildman–Crippen LogP) is 2.57. The molecule has 2 heterocycles. The summed E-state index contributed by atoms with van der Waals surface area (Å²) in [5, 5.41) is 0. The molecule has 0 spiro atoms. The monoisotopic (exact) mass is 279 g/mol. The molecule has 0 saturated carbocycles. The molecule has 4 heteroatoms. The molecule has 1 aliphatic heterocycles. The SMILES string of the molecule is C[C@@H]1CN(C(C)(C)C)CCN1CCc1ccc(F)nc1. The van der Waals surface area contributed by atoms with Gasteiger partial charge >= 0.3 is 0 Å². The Morgan fingerprint density at radius 2 is 2.05 bits per heavy atom. The fourth-order valence-corrected chi connectivity index (χ4v) is 2.76. The number of piperazine rings is 1. The van der Waals surface area contributed by atoms with Crippen molar-refractivity contribution in [3.63, 3.8) is 0 Å². The lowest BCUT2D eigenvalue weighted by Crippen LogP contribution is -2.57. The molecule has 1 fully saturated rings. The molecule has 0 N–H and O–H groups in total. The van der Waals surface area contributed by atoms with E-state index >= 15 is 0 Å². The van der Waals surface area contributed by atoms with E-state index in [9.17, 15) is 4.39 Å². The molecule has 1 atom stereocenters. The molecule has 1 aromatic heterocycles. The van der Waals surface area contributed by atoms with E-state index in [1.54, 1.807) is 6.20 Å². The average molecular weight is 279 g/mol. The van der Waals surface area contributed by atoms with E-state index in [0.29, 0.717) is 6.04 Å². The molecular formula is C16H26FN3. The van der Waals surface area contributed by atoms with Crippen LogP contribution in [0, 0.1) is 5.95 Å². The number of halogens is 1. The van der Waals surface area contributed by atoms with Crippen LogP contribution in [0.25, 0.3) is 0 Å². The Kier molecular flexibility index (Phi) is 4.76. The van der Waals surface area contributed by atoms with Crippen LogP contribution in [0.2, 0.25) is 0 Å². The van der Waals surface area contributed by atoms with Crippen LogP contribution in [0.3, 0.4) is 0 Å². The maximum Gasteiger partial charge on any atom is 0.212 e. The lowest BCUT2D eigenvalue weighted by Gasteiger charge is -2.45. The molecule has 0 amide bonds. The molecule has 1 aromatic rings. The van der Waals surface area contributed by atoms with Crippen molar-refractivity contribution in [1.82, 2.24) is 14.8 Å². The second kappa shape index (κ2) is 6.19. The minimum atomic E-state index is -0.402. The van der Waals surface area contributed by atoms with Crippen LogP contribution in [-0.2, 0) is 6.42 Å². The molecule has 0 unspecified atom stereocenters. The molecule has 0 aromatic carbocycles. The molecule has 0 aliphatic carbocycles. The Labute approximate surface area is 121 Å². The second-order valence-electron chi connectivity index (χ2n) is 6.74. The molecule has 1 saturated heterocycles. The molecule has 112 valence electrons. The summed E-state index contributed by atoms with van der Waals surface area (Å²) in [6.45, 7) is 13.5. The highest BCUT2D eigenvalue weighted by molar-refractivity contribution is 5.09. The van der Waals surface area contributed by atoms with Gasteiger partial charge in [-0.1, -0.05) is 6.07 Å². The normalized spacial score (nSPS) is 22.1. The van der Waals surface area contributed by atoms with Crippen LogP contribution in [-0.4, -0.2) is 52.5 Å². The molecule has 2 rings (SSSR count). The lowest BCUT2D eigenvalue weighted by molar-refractivity contribution is 0.0291. The molecule has 20 heavy (non-hydrogen) atoms. The first kappa shape index (κ1) is 15.4. The Morgan fingerprint density at radius 3 is 2.60 bits per heavy atom. The highest BCUT2D eigenvalue weighted by Crippen LogP contribution is 2.19. The number of hydrogen-bond acceptors (Lipinski definition) is 3. The fourth-order valence-electron chi connectivity index (χ4n) is 2.76. The van der Waals surface area contributed by atoms with Gasteiger partial charge in [0.25, 0.3) is 0 Å². The second-order valence-corrected chi connectivity index (χ2v) is 6.74. The maximum atomic E-state index is 12.8. The smallest absolute Gasteiger partial charge is 0.212 e. The van der Waals surface area contributed by atoms with Crippen LogP contribution < -0.4 is 0 Å². The van der Waals surface area contributed by atoms with Gasteiger partial charge in [-0.25, -0.2) is 4.98 Å². The predicted molar refractivity (Wildman–Crippen MR) is 80.3 cm³/mol. The summed E-state index contributed by atoms with van der Waals surface area (Å²) >= 11 is 0. The number of pyridine rings is 1. The van der Waals surface area contributed by atoms with Gasteiger partial charge in [0, 0.05) is 44.0 Å². The average Bonchev–Trinajstić information content (AvgIpc) is 2.38. The Balaban J connectivity index is 1.84. The standard InChI is InChI=1S/C16H26FN3/c1-13-12-20(16(2,3)4)10-9-19(13)8-7-14-5-6-15(17)18-11-14/h5-6,11,13H,7-10,12H2,1-4H3/t13-/m1/s1. The van der Waals surface area contributed by atoms with Crippen LogP contribution in [0.15, 0.2) is 18.3 Å². The highest BCUT2D eigenvalue weighted by Gasteiger charge is 2.29. The van der Waals surface area contributed by atoms with Gasteiger partial charge < -0.3 is 0 Å². The summed E-state index contributed by atoms with van der Waals surface area (Å²) < 4.78 is 12.8. The summed E-state index contributed by atoms with van der Waals surface area (Å²) in [5.41, 5.74) is 1.36. The van der Waals surface area contributed by atoms with Gasteiger partial charge in [0.2, 0.25) is 5.95 Å². The molecule has 1 aliphatic rings. The van der Waals surface area contributed by atoms with Crippen LogP contribution in [0.1, 0.15) is 33.3 Å². The van der Waals surface area contributed by atoms with Crippen molar-refractivity contribution in [2.45, 2.75) is 45.7 Å². The van der Waals surface area contributed by atoms with Crippen molar-refractivity contribution in [2.75, 3.05) is 26.2 Å². The van der Waals surface area contributed by atoms with Crippen molar-refractivity contribution < 1.29 is 4.39 Å². The number of nitrogens with zero attached hydrogens (tertiary/aromatic N) is 3. The fraction of sp³-hybridized carbons (Fsp3) is 0.688. The first-order valence-corrected chi connectivity index (χ1v) is 7.46. The zero-order valence-corrected chi connectivity index (χ0v) is 13.1. The zero-order valence-electron chi connectivity index (χ0n) is 13.1. The van der Waals surface area contributed by atoms with Gasteiger partial charge in [0.15, 0.2) is 0 Å². The number of hydrogen-bond donors (Lipinski definition) is 0. The summed E-state index contributed by atoms with van der Waals surface area (Å²) in [6, 6.07) is 3.84. The highest BCUT2D eigenvalue weighted by atomic mass is 19.1. The van der Waals surface area contributed by atoms with Crippen molar-refractivity contribution >= 4 is 0 Å². The Morgan fingerprint density at radius 1 is 1.30 bits per heavy atom. The van der Waals surface area contributed by atoms with Gasteiger partial charge in [-0.05, 0) is 45.7 Å². The van der Waals surface area contributed by atoms with E-state index in [4.69, 9.17) is 0 Å². The molecule has 0 bridgehead atoms. The van der Waals surface area contributed by atoms with E-state index in [1.807, 2.05) is 6.07 Å². The van der Waals surface area contributed by atoms with Gasteiger partial charge in [-0.15, -0.1) is 0 Å². The third kappa shape index (κ3) is 4.00. The van der Waals surface area contributed by atoms with Crippen LogP contribution in [0.4, 0.5) is 4.39 Å². The van der Waals surface area contributed by atoms with Gasteiger partial charge in [-0.3, -0.25) is 9.80 Å². The van der Waals surface area contributed by atoms with Gasteiger partial charge in [0.05, 0.1) is 0 Å². The summed E-state index contributed by atoms with van der Waals surface area (Å²) in [4.78, 5) is 8.78. The summed E-state index contributed by atoms with van der Waals surface area (Å²) in [6.07, 6.45) is 2.58. The Bertz CT molecular complexity index is 424. The van der Waals surface area contributed by atoms with Crippen molar-refractivity contribution in [3.8, 4) is 0 Å². The van der Waals surface area contributed by atoms with Crippen molar-refractivity contribution in [1.29, 1.82) is 0 Å². The van der Waals surface area contributed by atoms with Gasteiger partial charge in [-0.2, -0.15) is 4.39 Å². The maximum absolute atomic E-state index is 12.8. The number of rotatable bonds is 3. The minimum Gasteiger partial charge on any atom is -0.298 e. The zero-order chi connectivity index (χ0) is 14.8. The quantitative estimate of drug-likeness (QED) is 0.793. The van der Waals surface area contributed by atoms with E-state index in [2.05, 4.69) is 42.5 Å². The van der Waals surface area contributed by atoms with E-state index < -0.39 is 5.95 Å². The largest absolute Gasteiger partial charge is 0.298 e. The third-order valence-electron chi connectivity index (χ3n) is 4.19. The number of aromatic nitrogens is 1. The third-order valence-corrected chi connectivity index (χ3v) is 4.19. The topological polar surface area (TPSA) is 19.4 Å². The summed E-state index contributed by atoms with van der Waals surface area (Å²) in [5.74, 6) is -0.402. The molecular weight excluding hydrogens is 253 g/mol. The van der Waals surface area contributed by atoms with Crippen LogP contribution in [0.5, 0.6) is 0 Å². The van der Waals surface area contributed by atoms with Crippen molar-refractivity contribution in [3.05, 3.63) is 29.8 Å². The Hall–Kier alpha value is -1.00. The van der Waals surface area contributed by atoms with E-state index in [0.717, 1.165) is 38.2 Å². The van der Waals surface area contributed by atoms with Crippen molar-refractivity contribution in [2.24, 2.45) is 0 Å². The first-order valence-electron chi connectivity index (χ1n) is 7.46. The van der Waals surface area contributed by atoms with E-state index in [-0.39, 0.29) is 5.54 Å². The van der Waals surface area contributed by atoms with Crippen LogP contribution >= 0.6 is 0 Å².